The first kappa shape index (κ1) is 31.0. The number of amides is 3. The second-order valence-electron chi connectivity index (χ2n) is 9.14. The third kappa shape index (κ3) is 8.49. The summed E-state index contributed by atoms with van der Waals surface area (Å²) in [6, 6.07) is 17.8. The van der Waals surface area contributed by atoms with Crippen LogP contribution >= 0.6 is 0 Å². The zero-order valence-electron chi connectivity index (χ0n) is 23.0. The van der Waals surface area contributed by atoms with Crippen molar-refractivity contribution >= 4 is 41.3 Å². The number of aliphatic carboxylic acids is 1. The average molecular weight is 576 g/mol. The monoisotopic (exact) mass is 575 g/mol. The molecule has 0 bridgehead atoms. The molecule has 0 aliphatic heterocycles. The lowest BCUT2D eigenvalue weighted by molar-refractivity contribution is -0.159. The standard InChI is InChI=1S/C30H29N3O9/c1-4-23(34)31-22-15-13-19(14-16-22)26(35)32-33-27(36)24(41-29(39)20-9-5-17(2)6-10-20)25(28(37)38)42-30(40)21-11-7-18(3)8-12-21/h5-16,24-25H,4H2,1-3H3,(H,31,34)(H,32,35)(H,33,36)(H,37,38)/t24-,25+/m0/s1. The Bertz CT molecular complexity index is 1470. The van der Waals surface area contributed by atoms with Crippen molar-refractivity contribution in [2.45, 2.75) is 39.4 Å². The molecule has 0 saturated heterocycles. The van der Waals surface area contributed by atoms with Gasteiger partial charge >= 0.3 is 17.9 Å². The van der Waals surface area contributed by atoms with E-state index in [4.69, 9.17) is 9.47 Å². The molecule has 0 aliphatic rings. The second-order valence-corrected chi connectivity index (χ2v) is 9.14. The van der Waals surface area contributed by atoms with Gasteiger partial charge in [-0.25, -0.2) is 14.4 Å². The van der Waals surface area contributed by atoms with Gasteiger partial charge in [0.15, 0.2) is 0 Å². The van der Waals surface area contributed by atoms with Crippen molar-refractivity contribution in [3.05, 3.63) is 101 Å². The number of carboxylic acids is 1. The Balaban J connectivity index is 1.80. The molecule has 42 heavy (non-hydrogen) atoms. The van der Waals surface area contributed by atoms with Crippen LogP contribution in [0.1, 0.15) is 55.5 Å². The smallest absolute Gasteiger partial charge is 0.349 e. The summed E-state index contributed by atoms with van der Waals surface area (Å²) in [5, 5.41) is 12.5. The highest BCUT2D eigenvalue weighted by Crippen LogP contribution is 2.15. The number of ether oxygens (including phenoxy) is 2. The molecule has 3 amide bonds. The summed E-state index contributed by atoms with van der Waals surface area (Å²) >= 11 is 0. The lowest BCUT2D eigenvalue weighted by Crippen LogP contribution is -2.54. The molecule has 3 rings (SSSR count). The van der Waals surface area contributed by atoms with Crippen LogP contribution in [0.2, 0.25) is 0 Å². The van der Waals surface area contributed by atoms with Gasteiger partial charge in [0.25, 0.3) is 11.8 Å². The predicted molar refractivity (Wildman–Crippen MR) is 149 cm³/mol. The van der Waals surface area contributed by atoms with Crippen molar-refractivity contribution in [2.24, 2.45) is 0 Å². The van der Waals surface area contributed by atoms with Crippen LogP contribution in [-0.2, 0) is 23.9 Å². The van der Waals surface area contributed by atoms with Crippen LogP contribution in [-0.4, -0.2) is 52.9 Å². The number of hydrogen-bond acceptors (Lipinski definition) is 8. The summed E-state index contributed by atoms with van der Waals surface area (Å²) in [6.07, 6.45) is -4.20. The van der Waals surface area contributed by atoms with E-state index in [-0.39, 0.29) is 29.0 Å². The quantitative estimate of drug-likeness (QED) is 0.209. The Morgan fingerprint density at radius 2 is 1.12 bits per heavy atom. The number of hydrazine groups is 1. The van der Waals surface area contributed by atoms with Crippen LogP contribution in [0.4, 0.5) is 5.69 Å². The van der Waals surface area contributed by atoms with E-state index >= 15 is 0 Å². The predicted octanol–water partition coefficient (Wildman–Crippen LogP) is 2.95. The number of carbonyl (C=O) groups is 6. The molecule has 0 saturated carbocycles. The molecule has 12 heteroatoms. The summed E-state index contributed by atoms with van der Waals surface area (Å²) in [5.41, 5.74) is 6.33. The molecule has 2 atom stereocenters. The molecule has 0 heterocycles. The molecule has 0 radical (unpaired) electrons. The first-order chi connectivity index (χ1) is 20.0. The third-order valence-corrected chi connectivity index (χ3v) is 5.87. The molecule has 218 valence electrons. The molecule has 0 fully saturated rings. The highest BCUT2D eigenvalue weighted by atomic mass is 16.6. The maximum atomic E-state index is 13.1. The van der Waals surface area contributed by atoms with E-state index in [1.165, 1.54) is 48.5 Å². The number of hydrogen-bond donors (Lipinski definition) is 4. The number of carboxylic acid groups (broad SMARTS) is 1. The molecular formula is C30H29N3O9. The second kappa shape index (κ2) is 14.2. The maximum absolute atomic E-state index is 13.1. The minimum atomic E-state index is -2.27. The van der Waals surface area contributed by atoms with Gasteiger partial charge in [0.1, 0.15) is 0 Å². The van der Waals surface area contributed by atoms with Crippen LogP contribution in [0, 0.1) is 13.8 Å². The van der Waals surface area contributed by atoms with E-state index in [0.717, 1.165) is 11.1 Å². The van der Waals surface area contributed by atoms with E-state index in [1.54, 1.807) is 45.0 Å². The fourth-order valence-electron chi connectivity index (χ4n) is 3.46. The SMILES string of the molecule is CCC(=O)Nc1ccc(C(=O)NNC(=O)[C@@H](OC(=O)c2ccc(C)cc2)[C@@H](OC(=O)c2ccc(C)cc2)C(=O)O)cc1. The van der Waals surface area contributed by atoms with Crippen molar-refractivity contribution in [3.8, 4) is 0 Å². The minimum absolute atomic E-state index is 0.00254. The van der Waals surface area contributed by atoms with Crippen molar-refractivity contribution in [1.82, 2.24) is 10.9 Å². The summed E-state index contributed by atoms with van der Waals surface area (Å²) < 4.78 is 10.3. The van der Waals surface area contributed by atoms with Gasteiger partial charge in [-0.1, -0.05) is 42.3 Å². The van der Waals surface area contributed by atoms with Crippen LogP contribution < -0.4 is 16.2 Å². The van der Waals surface area contributed by atoms with Crippen LogP contribution in [0.3, 0.4) is 0 Å². The van der Waals surface area contributed by atoms with Gasteiger partial charge in [-0.05, 0) is 62.4 Å². The molecule has 3 aromatic rings. The summed E-state index contributed by atoms with van der Waals surface area (Å²) in [5.74, 6) is -6.22. The van der Waals surface area contributed by atoms with Crippen molar-refractivity contribution < 1.29 is 43.3 Å². The summed E-state index contributed by atoms with van der Waals surface area (Å²) in [7, 11) is 0. The number of anilines is 1. The first-order valence-electron chi connectivity index (χ1n) is 12.8. The number of rotatable bonds is 10. The van der Waals surface area contributed by atoms with Gasteiger partial charge in [-0.2, -0.15) is 0 Å². The maximum Gasteiger partial charge on any atom is 0.349 e. The van der Waals surface area contributed by atoms with E-state index < -0.39 is 41.9 Å². The Labute approximate surface area is 241 Å². The fourth-order valence-corrected chi connectivity index (χ4v) is 3.46. The van der Waals surface area contributed by atoms with E-state index in [0.29, 0.717) is 5.69 Å². The van der Waals surface area contributed by atoms with Crippen molar-refractivity contribution in [1.29, 1.82) is 0 Å². The number of benzene rings is 3. The molecular weight excluding hydrogens is 546 g/mol. The summed E-state index contributed by atoms with van der Waals surface area (Å²) in [6.45, 7) is 5.25. The van der Waals surface area contributed by atoms with Gasteiger partial charge in [0.2, 0.25) is 18.1 Å². The Kier molecular flexibility index (Phi) is 10.5. The zero-order valence-corrected chi connectivity index (χ0v) is 23.0. The molecule has 0 unspecified atom stereocenters. The Morgan fingerprint density at radius 1 is 0.667 bits per heavy atom. The van der Waals surface area contributed by atoms with Gasteiger partial charge in [-0.15, -0.1) is 0 Å². The lowest BCUT2D eigenvalue weighted by atomic mass is 10.1. The Hall–Kier alpha value is -5.52. The average Bonchev–Trinajstić information content (AvgIpc) is 2.98. The highest BCUT2D eigenvalue weighted by Gasteiger charge is 2.41. The van der Waals surface area contributed by atoms with Gasteiger partial charge in [0.05, 0.1) is 11.1 Å². The topological polar surface area (TPSA) is 177 Å². The van der Waals surface area contributed by atoms with Gasteiger partial charge in [0, 0.05) is 17.7 Å². The van der Waals surface area contributed by atoms with Crippen molar-refractivity contribution in [2.75, 3.05) is 5.32 Å². The number of aryl methyl sites for hydroxylation is 2. The molecule has 0 spiro atoms. The van der Waals surface area contributed by atoms with Gasteiger partial charge < -0.3 is 19.9 Å². The number of esters is 2. The normalized spacial score (nSPS) is 11.8. The molecule has 3 aromatic carbocycles. The van der Waals surface area contributed by atoms with Crippen molar-refractivity contribution in [3.63, 3.8) is 0 Å². The third-order valence-electron chi connectivity index (χ3n) is 5.87. The number of nitrogens with one attached hydrogen (secondary N) is 3. The Morgan fingerprint density at radius 3 is 1.57 bits per heavy atom. The molecule has 0 aliphatic carbocycles. The van der Waals surface area contributed by atoms with Gasteiger partial charge in [-0.3, -0.25) is 25.2 Å². The highest BCUT2D eigenvalue weighted by molar-refractivity contribution is 5.99. The summed E-state index contributed by atoms with van der Waals surface area (Å²) in [4.78, 5) is 74.9. The molecule has 12 nitrogen and oxygen atoms in total. The van der Waals surface area contributed by atoms with Crippen LogP contribution in [0.15, 0.2) is 72.8 Å². The molecule has 0 aromatic heterocycles. The molecule has 4 N–H and O–H groups in total. The zero-order chi connectivity index (χ0) is 30.8. The van der Waals surface area contributed by atoms with Crippen LogP contribution in [0.5, 0.6) is 0 Å². The number of carbonyl (C=O) groups excluding carboxylic acids is 5. The largest absolute Gasteiger partial charge is 0.478 e. The van der Waals surface area contributed by atoms with Crippen LogP contribution in [0.25, 0.3) is 0 Å². The van der Waals surface area contributed by atoms with E-state index in [9.17, 15) is 33.9 Å². The fraction of sp³-hybridized carbons (Fsp3) is 0.200. The van der Waals surface area contributed by atoms with E-state index in [1.807, 2.05) is 5.43 Å². The van der Waals surface area contributed by atoms with E-state index in [2.05, 4.69) is 10.7 Å². The minimum Gasteiger partial charge on any atom is -0.478 e. The first-order valence-corrected chi connectivity index (χ1v) is 12.8. The lowest BCUT2D eigenvalue weighted by Gasteiger charge is -2.23.